The van der Waals surface area contributed by atoms with E-state index in [1.807, 2.05) is 33.3 Å². The summed E-state index contributed by atoms with van der Waals surface area (Å²) >= 11 is 0. The number of aromatic nitrogens is 1. The van der Waals surface area contributed by atoms with Crippen LogP contribution < -0.4 is 10.2 Å². The van der Waals surface area contributed by atoms with E-state index in [1.165, 1.54) is 11.6 Å². The number of fused-ring (bicyclic) bond motifs is 2. The third-order valence-corrected chi connectivity index (χ3v) is 6.63. The van der Waals surface area contributed by atoms with Crippen molar-refractivity contribution in [3.05, 3.63) is 88.5 Å². The Morgan fingerprint density at radius 1 is 1.30 bits per heavy atom. The number of nitrogens with zero attached hydrogens (tertiary/aromatic N) is 2. The van der Waals surface area contributed by atoms with Gasteiger partial charge >= 0.3 is 0 Å². The second kappa shape index (κ2) is 8.86. The lowest BCUT2D eigenvalue weighted by molar-refractivity contribution is 0.554. The highest BCUT2D eigenvalue weighted by Gasteiger charge is 2.54. The molecule has 0 saturated heterocycles. The van der Waals surface area contributed by atoms with Crippen LogP contribution in [0.1, 0.15) is 61.1 Å². The maximum atomic E-state index is 15.6. The van der Waals surface area contributed by atoms with Crippen molar-refractivity contribution >= 4 is 11.3 Å². The van der Waals surface area contributed by atoms with Crippen LogP contribution in [0, 0.1) is 24.0 Å². The van der Waals surface area contributed by atoms with Gasteiger partial charge in [-0.05, 0) is 54.5 Å². The van der Waals surface area contributed by atoms with Gasteiger partial charge < -0.3 is 10.2 Å². The zero-order valence-corrected chi connectivity index (χ0v) is 19.4. The molecule has 0 unspecified atom stereocenters. The van der Waals surface area contributed by atoms with Crippen LogP contribution >= 0.6 is 0 Å². The summed E-state index contributed by atoms with van der Waals surface area (Å²) in [5.74, 6) is 1.18. The van der Waals surface area contributed by atoms with Crippen LogP contribution in [0.25, 0.3) is 5.57 Å². The Balaban J connectivity index is 1.93. The number of benzene rings is 1. The Bertz CT molecular complexity index is 1210. The van der Waals surface area contributed by atoms with E-state index in [0.29, 0.717) is 18.5 Å². The number of allylic oxidation sites excluding steroid dienone is 4. The second-order valence-electron chi connectivity index (χ2n) is 8.54. The molecule has 0 radical (unpaired) electrons. The lowest BCUT2D eigenvalue weighted by Crippen LogP contribution is -2.37. The second-order valence-corrected chi connectivity index (χ2v) is 8.54. The monoisotopic (exact) mass is 445 g/mol. The molecule has 0 amide bonds. The largest absolute Gasteiger partial charge is 0.393 e. The molecule has 1 aliphatic carbocycles. The number of terminal acetylenes is 1. The number of aryl methyl sites for hydroxylation is 1. The Kier molecular flexibility index (Phi) is 6.12. The highest BCUT2D eigenvalue weighted by molar-refractivity contribution is 5.73. The predicted molar refractivity (Wildman–Crippen MR) is 131 cm³/mol. The lowest BCUT2D eigenvalue weighted by atomic mass is 9.82. The van der Waals surface area contributed by atoms with E-state index in [0.717, 1.165) is 41.8 Å². The van der Waals surface area contributed by atoms with E-state index in [-0.39, 0.29) is 16.7 Å². The molecule has 2 aliphatic rings. The third kappa shape index (κ3) is 3.64. The molecule has 1 aromatic carbocycles. The summed E-state index contributed by atoms with van der Waals surface area (Å²) in [5.41, 5.74) is 5.01. The first-order valence-corrected chi connectivity index (χ1v) is 11.4. The highest BCUT2D eigenvalue weighted by Crippen LogP contribution is 2.59. The number of pyridine rings is 1. The van der Waals surface area contributed by atoms with Crippen molar-refractivity contribution in [2.45, 2.75) is 51.5 Å². The number of anilines is 1. The van der Waals surface area contributed by atoms with Crippen molar-refractivity contribution in [2.75, 3.05) is 11.9 Å². The molecule has 1 aliphatic heterocycles. The van der Waals surface area contributed by atoms with Gasteiger partial charge in [-0.3, -0.25) is 4.98 Å². The van der Waals surface area contributed by atoms with Crippen molar-refractivity contribution in [2.24, 2.45) is 0 Å². The Hall–Kier alpha value is -3.39. The molecule has 1 aromatic heterocycles. The fourth-order valence-corrected chi connectivity index (χ4v) is 4.88. The van der Waals surface area contributed by atoms with Crippen molar-refractivity contribution in [1.29, 1.82) is 0 Å². The predicted octanol–water partition coefficient (Wildman–Crippen LogP) is 6.00. The van der Waals surface area contributed by atoms with Gasteiger partial charge in [-0.25, -0.2) is 8.78 Å². The number of hydrogen-bond donors (Lipinski definition) is 1. The van der Waals surface area contributed by atoms with Crippen LogP contribution in [-0.4, -0.2) is 12.0 Å². The fourth-order valence-electron chi connectivity index (χ4n) is 4.88. The van der Waals surface area contributed by atoms with E-state index >= 15 is 8.78 Å². The smallest absolute Gasteiger partial charge is 0.165 e. The van der Waals surface area contributed by atoms with Gasteiger partial charge in [0.15, 0.2) is 11.6 Å². The summed E-state index contributed by atoms with van der Waals surface area (Å²) in [4.78, 5) is 6.44. The van der Waals surface area contributed by atoms with E-state index in [1.54, 1.807) is 11.0 Å². The van der Waals surface area contributed by atoms with Crippen molar-refractivity contribution in [3.8, 4) is 12.3 Å². The maximum Gasteiger partial charge on any atom is 0.165 e. The number of nitrogens with one attached hydrogen (secondary N) is 1. The molecule has 0 atom stereocenters. The van der Waals surface area contributed by atoms with Gasteiger partial charge in [0.25, 0.3) is 0 Å². The number of halogens is 2. The molecule has 33 heavy (non-hydrogen) atoms. The minimum atomic E-state index is -0.677. The molecule has 1 N–H and O–H groups in total. The van der Waals surface area contributed by atoms with Gasteiger partial charge in [-0.15, -0.1) is 6.42 Å². The van der Waals surface area contributed by atoms with Crippen molar-refractivity contribution in [1.82, 2.24) is 10.3 Å². The van der Waals surface area contributed by atoms with E-state index in [2.05, 4.69) is 34.9 Å². The molecular formula is C28H29F2N3. The van der Waals surface area contributed by atoms with Gasteiger partial charge in [-0.1, -0.05) is 38.5 Å². The minimum absolute atomic E-state index is 0.0511. The standard InChI is InChI=1S/C28H29F2N3/c1-6-10-24-28(11-12-28)22-14-23(20(9-4)15-31-5)32-16-21(22)17-33(24)27-25(29)18(7-2)13-19(8-3)26(27)30/h2,9-10,13-16,31H,4,6,8,11-12,17H2,1,3,5H3/b20-15+,24-10?. The van der Waals surface area contributed by atoms with Crippen LogP contribution in [0.3, 0.4) is 0 Å². The minimum Gasteiger partial charge on any atom is -0.393 e. The molecule has 1 saturated carbocycles. The molecule has 2 heterocycles. The molecule has 1 fully saturated rings. The fraction of sp³-hybridized carbons (Fsp3) is 0.321. The summed E-state index contributed by atoms with van der Waals surface area (Å²) in [6.07, 6.45) is 16.2. The van der Waals surface area contributed by atoms with Gasteiger partial charge in [0, 0.05) is 42.7 Å². The first kappa shape index (κ1) is 22.8. The van der Waals surface area contributed by atoms with Gasteiger partial charge in [0.1, 0.15) is 5.69 Å². The normalized spacial score (nSPS) is 17.6. The van der Waals surface area contributed by atoms with E-state index in [9.17, 15) is 0 Å². The Morgan fingerprint density at radius 2 is 2.06 bits per heavy atom. The summed E-state index contributed by atoms with van der Waals surface area (Å²) in [7, 11) is 1.84. The quantitative estimate of drug-likeness (QED) is 0.437. The molecule has 170 valence electrons. The molecule has 1 spiro atoms. The molecule has 5 heteroatoms. The molecule has 4 rings (SSSR count). The first-order valence-electron chi connectivity index (χ1n) is 11.4. The number of hydrogen-bond acceptors (Lipinski definition) is 3. The molecular weight excluding hydrogens is 416 g/mol. The van der Waals surface area contributed by atoms with E-state index in [4.69, 9.17) is 6.42 Å². The van der Waals surface area contributed by atoms with Crippen molar-refractivity contribution in [3.63, 3.8) is 0 Å². The van der Waals surface area contributed by atoms with Crippen LogP contribution in [-0.2, 0) is 18.4 Å². The zero-order valence-electron chi connectivity index (χ0n) is 19.4. The highest BCUT2D eigenvalue weighted by atomic mass is 19.1. The zero-order chi connectivity index (χ0) is 23.8. The molecule has 2 aromatic rings. The summed E-state index contributed by atoms with van der Waals surface area (Å²) in [6.45, 7) is 8.12. The maximum absolute atomic E-state index is 15.6. The Morgan fingerprint density at radius 3 is 2.64 bits per heavy atom. The SMILES string of the molecule is C#Cc1cc(CC)c(F)c(N2Cc3cnc(/C(C=C)=C/NC)cc3C3(CC3)C2=CCC)c1F. The van der Waals surface area contributed by atoms with Crippen LogP contribution in [0.15, 0.2) is 49.0 Å². The summed E-state index contributed by atoms with van der Waals surface area (Å²) in [6, 6.07) is 3.55. The van der Waals surface area contributed by atoms with Crippen LogP contribution in [0.5, 0.6) is 0 Å². The van der Waals surface area contributed by atoms with E-state index < -0.39 is 11.6 Å². The lowest BCUT2D eigenvalue weighted by Gasteiger charge is -2.40. The average molecular weight is 446 g/mol. The van der Waals surface area contributed by atoms with Crippen LogP contribution in [0.4, 0.5) is 14.5 Å². The molecule has 0 bridgehead atoms. The van der Waals surface area contributed by atoms with Gasteiger partial charge in [0.05, 0.1) is 11.3 Å². The third-order valence-electron chi connectivity index (χ3n) is 6.63. The first-order chi connectivity index (χ1) is 15.9. The summed E-state index contributed by atoms with van der Waals surface area (Å²) in [5, 5.41) is 3.03. The van der Waals surface area contributed by atoms with Crippen molar-refractivity contribution < 1.29 is 8.78 Å². The van der Waals surface area contributed by atoms with Crippen LogP contribution in [0.2, 0.25) is 0 Å². The topological polar surface area (TPSA) is 28.2 Å². The average Bonchev–Trinajstić information content (AvgIpc) is 3.61. The number of rotatable bonds is 6. The Labute approximate surface area is 194 Å². The van der Waals surface area contributed by atoms with Gasteiger partial charge in [-0.2, -0.15) is 0 Å². The molecule has 3 nitrogen and oxygen atoms in total. The summed E-state index contributed by atoms with van der Waals surface area (Å²) < 4.78 is 31.1. The van der Waals surface area contributed by atoms with Gasteiger partial charge in [0.2, 0.25) is 0 Å².